The third-order valence-corrected chi connectivity index (χ3v) is 6.01. The second-order valence-corrected chi connectivity index (χ2v) is 8.00. The summed E-state index contributed by atoms with van der Waals surface area (Å²) in [7, 11) is 0. The molecule has 4 rings (SSSR count). The molecule has 2 aromatic rings. The van der Waals surface area contributed by atoms with Crippen molar-refractivity contribution in [3.8, 4) is 0 Å². The first-order chi connectivity index (χ1) is 14.7. The van der Waals surface area contributed by atoms with Crippen LogP contribution in [0.1, 0.15) is 17.5 Å². The zero-order valence-corrected chi connectivity index (χ0v) is 17.6. The summed E-state index contributed by atoms with van der Waals surface area (Å²) in [5.41, 5.74) is 8.75. The maximum atomic E-state index is 8.57. The van der Waals surface area contributed by atoms with Crippen LogP contribution in [0, 0.1) is 5.41 Å². The quantitative estimate of drug-likeness (QED) is 0.538. The van der Waals surface area contributed by atoms with Gasteiger partial charge >= 0.3 is 0 Å². The van der Waals surface area contributed by atoms with Crippen molar-refractivity contribution < 1.29 is 4.74 Å². The molecule has 2 aliphatic rings. The zero-order valence-electron chi connectivity index (χ0n) is 17.6. The summed E-state index contributed by atoms with van der Waals surface area (Å²) in [5, 5.41) is 8.57. The predicted molar refractivity (Wildman–Crippen MR) is 122 cm³/mol. The van der Waals surface area contributed by atoms with E-state index in [0.717, 1.165) is 82.5 Å². The van der Waals surface area contributed by atoms with E-state index in [1.165, 1.54) is 6.42 Å². The van der Waals surface area contributed by atoms with Crippen molar-refractivity contribution >= 4 is 17.2 Å². The molecule has 160 valence electrons. The lowest BCUT2D eigenvalue weighted by Gasteiger charge is -2.36. The topological polar surface area (TPSA) is 81.7 Å². The molecule has 3 heterocycles. The number of benzene rings is 1. The van der Waals surface area contributed by atoms with Crippen molar-refractivity contribution in [3.05, 3.63) is 53.7 Å². The molecule has 0 bridgehead atoms. The average molecular weight is 409 g/mol. The highest BCUT2D eigenvalue weighted by Crippen LogP contribution is 2.20. The molecule has 0 atom stereocenters. The van der Waals surface area contributed by atoms with Gasteiger partial charge in [0.05, 0.1) is 18.9 Å². The summed E-state index contributed by atoms with van der Waals surface area (Å²) < 4.78 is 5.42. The van der Waals surface area contributed by atoms with E-state index in [2.05, 4.69) is 19.7 Å². The van der Waals surface area contributed by atoms with E-state index in [4.69, 9.17) is 15.9 Å². The monoisotopic (exact) mass is 408 g/mol. The molecule has 1 aromatic carbocycles. The minimum Gasteiger partial charge on any atom is -0.398 e. The van der Waals surface area contributed by atoms with E-state index in [1.54, 1.807) is 6.20 Å². The number of hydrogen-bond acceptors (Lipinski definition) is 7. The Balaban J connectivity index is 1.29. The number of para-hydroxylation sites is 1. The van der Waals surface area contributed by atoms with Gasteiger partial charge in [0.1, 0.15) is 5.82 Å². The van der Waals surface area contributed by atoms with E-state index in [-0.39, 0.29) is 0 Å². The number of nitrogens with zero attached hydrogens (tertiary/aromatic N) is 4. The lowest BCUT2D eigenvalue weighted by Crippen LogP contribution is -2.47. The van der Waals surface area contributed by atoms with Gasteiger partial charge in [-0.3, -0.25) is 15.2 Å². The number of nitrogens with two attached hydrogens (primary N) is 1. The van der Waals surface area contributed by atoms with Crippen molar-refractivity contribution in [2.24, 2.45) is 0 Å². The Bertz CT molecular complexity index is 843. The van der Waals surface area contributed by atoms with Crippen molar-refractivity contribution in [1.29, 1.82) is 5.41 Å². The number of nitrogens with one attached hydrogen (secondary N) is 1. The van der Waals surface area contributed by atoms with Crippen molar-refractivity contribution in [1.82, 2.24) is 14.8 Å². The maximum absolute atomic E-state index is 8.57. The molecular formula is C23H32N6O. The second-order valence-electron chi connectivity index (χ2n) is 8.00. The van der Waals surface area contributed by atoms with Gasteiger partial charge in [-0.15, -0.1) is 0 Å². The van der Waals surface area contributed by atoms with E-state index >= 15 is 0 Å². The van der Waals surface area contributed by atoms with Gasteiger partial charge in [0.15, 0.2) is 0 Å². The smallest absolute Gasteiger partial charge is 0.129 e. The maximum Gasteiger partial charge on any atom is 0.129 e. The molecule has 0 amide bonds. The number of hydrogen-bond donors (Lipinski definition) is 2. The molecule has 0 radical (unpaired) electrons. The summed E-state index contributed by atoms with van der Waals surface area (Å²) >= 11 is 0. The van der Waals surface area contributed by atoms with Gasteiger partial charge in [-0.2, -0.15) is 0 Å². The molecule has 30 heavy (non-hydrogen) atoms. The molecule has 7 nitrogen and oxygen atoms in total. The Labute approximate surface area is 178 Å². The molecular weight excluding hydrogens is 376 g/mol. The van der Waals surface area contributed by atoms with Gasteiger partial charge in [-0.1, -0.05) is 18.2 Å². The number of morpholine rings is 1. The Hall–Kier alpha value is -2.48. The normalized spacial score (nSPS) is 18.5. The first kappa shape index (κ1) is 20.8. The third-order valence-electron chi connectivity index (χ3n) is 6.01. The highest BCUT2D eigenvalue weighted by molar-refractivity contribution is 6.14. The Morgan fingerprint density at radius 2 is 1.67 bits per heavy atom. The number of rotatable bonds is 7. The van der Waals surface area contributed by atoms with E-state index in [9.17, 15) is 0 Å². The number of piperazine rings is 1. The van der Waals surface area contributed by atoms with Crippen LogP contribution in [-0.4, -0.2) is 86.1 Å². The fourth-order valence-corrected chi connectivity index (χ4v) is 4.17. The lowest BCUT2D eigenvalue weighted by atomic mass is 10.0. The standard InChI is InChI=1S/C23H32N6O/c24-21-5-2-1-4-20(21)23(25)19-6-7-26-22(18-19)29-12-10-27(11-13-29)8-3-9-28-14-16-30-17-15-28/h1-2,4-7,18,25H,3,8-17,24H2. The summed E-state index contributed by atoms with van der Waals surface area (Å²) in [6.07, 6.45) is 3.01. The molecule has 0 unspecified atom stereocenters. The van der Waals surface area contributed by atoms with Crippen LogP contribution < -0.4 is 10.6 Å². The fourth-order valence-electron chi connectivity index (χ4n) is 4.17. The van der Waals surface area contributed by atoms with Gasteiger partial charge in [-0.05, 0) is 37.7 Å². The number of pyridine rings is 1. The van der Waals surface area contributed by atoms with Crippen LogP contribution in [-0.2, 0) is 4.74 Å². The Morgan fingerprint density at radius 3 is 2.40 bits per heavy atom. The summed E-state index contributed by atoms with van der Waals surface area (Å²) in [4.78, 5) is 11.9. The van der Waals surface area contributed by atoms with E-state index in [0.29, 0.717) is 11.4 Å². The minimum absolute atomic E-state index is 0.443. The SMILES string of the molecule is N=C(c1ccnc(N2CCN(CCCN3CCOCC3)CC2)c1)c1ccccc1N. The first-order valence-corrected chi connectivity index (χ1v) is 10.9. The minimum atomic E-state index is 0.443. The van der Waals surface area contributed by atoms with Crippen LogP contribution in [0.15, 0.2) is 42.6 Å². The second kappa shape index (κ2) is 10.0. The molecule has 7 heteroatoms. The van der Waals surface area contributed by atoms with Gasteiger partial charge in [-0.25, -0.2) is 4.98 Å². The Kier molecular flexibility index (Phi) is 6.94. The summed E-state index contributed by atoms with van der Waals surface area (Å²) in [6.45, 7) is 10.2. The number of aromatic nitrogens is 1. The molecule has 2 aliphatic heterocycles. The van der Waals surface area contributed by atoms with Crippen LogP contribution in [0.5, 0.6) is 0 Å². The first-order valence-electron chi connectivity index (χ1n) is 10.9. The van der Waals surface area contributed by atoms with Gasteiger partial charge in [0.25, 0.3) is 0 Å². The van der Waals surface area contributed by atoms with Crippen molar-refractivity contribution in [2.75, 3.05) is 76.2 Å². The summed E-state index contributed by atoms with van der Waals surface area (Å²) in [5.74, 6) is 0.944. The number of ether oxygens (including phenoxy) is 1. The molecule has 3 N–H and O–H groups in total. The lowest BCUT2D eigenvalue weighted by molar-refractivity contribution is 0.0360. The van der Waals surface area contributed by atoms with Crippen LogP contribution in [0.3, 0.4) is 0 Å². The molecule has 0 saturated carbocycles. The number of nitrogen functional groups attached to an aromatic ring is 1. The fraction of sp³-hybridized carbons (Fsp3) is 0.478. The van der Waals surface area contributed by atoms with Crippen LogP contribution in [0.4, 0.5) is 11.5 Å². The van der Waals surface area contributed by atoms with Gasteiger partial charge in [0, 0.05) is 62.3 Å². The molecule has 2 fully saturated rings. The van der Waals surface area contributed by atoms with Gasteiger partial charge in [0.2, 0.25) is 0 Å². The van der Waals surface area contributed by atoms with E-state index < -0.39 is 0 Å². The average Bonchev–Trinajstić information content (AvgIpc) is 2.80. The third kappa shape index (κ3) is 5.16. The molecule has 2 saturated heterocycles. The number of anilines is 2. The molecule has 0 aliphatic carbocycles. The van der Waals surface area contributed by atoms with Crippen LogP contribution >= 0.6 is 0 Å². The molecule has 0 spiro atoms. The highest BCUT2D eigenvalue weighted by atomic mass is 16.5. The summed E-state index contributed by atoms with van der Waals surface area (Å²) in [6, 6.07) is 11.5. The van der Waals surface area contributed by atoms with Crippen molar-refractivity contribution in [3.63, 3.8) is 0 Å². The predicted octanol–water partition coefficient (Wildman–Crippen LogP) is 1.92. The molecule has 1 aromatic heterocycles. The highest BCUT2D eigenvalue weighted by Gasteiger charge is 2.19. The van der Waals surface area contributed by atoms with Gasteiger partial charge < -0.3 is 15.4 Å². The van der Waals surface area contributed by atoms with Crippen LogP contribution in [0.2, 0.25) is 0 Å². The Morgan fingerprint density at radius 1 is 0.967 bits per heavy atom. The van der Waals surface area contributed by atoms with Crippen molar-refractivity contribution in [2.45, 2.75) is 6.42 Å². The van der Waals surface area contributed by atoms with Crippen LogP contribution in [0.25, 0.3) is 0 Å². The largest absolute Gasteiger partial charge is 0.398 e. The zero-order chi connectivity index (χ0) is 20.8. The van der Waals surface area contributed by atoms with E-state index in [1.807, 2.05) is 36.4 Å².